The van der Waals surface area contributed by atoms with Gasteiger partial charge >= 0.3 is 0 Å². The predicted molar refractivity (Wildman–Crippen MR) is 50.0 cm³/mol. The van der Waals surface area contributed by atoms with Crippen molar-refractivity contribution in [2.45, 2.75) is 43.9 Å². The van der Waals surface area contributed by atoms with E-state index in [9.17, 15) is 4.79 Å². The van der Waals surface area contributed by atoms with Gasteiger partial charge in [0, 0.05) is 17.2 Å². The van der Waals surface area contributed by atoms with E-state index in [0.29, 0.717) is 16.5 Å². The molecule has 11 heavy (non-hydrogen) atoms. The maximum atomic E-state index is 11.3. The van der Waals surface area contributed by atoms with Crippen molar-refractivity contribution in [2.75, 3.05) is 0 Å². The Balaban J connectivity index is 2.33. The molecule has 0 unspecified atom stereocenters. The molecule has 0 saturated heterocycles. The smallest absolute Gasteiger partial charge is 0.135 e. The van der Waals surface area contributed by atoms with Crippen molar-refractivity contribution < 1.29 is 4.79 Å². The summed E-state index contributed by atoms with van der Waals surface area (Å²) >= 11 is 3.58. The zero-order valence-corrected chi connectivity index (χ0v) is 8.56. The quantitative estimate of drug-likeness (QED) is 0.652. The fourth-order valence-corrected chi connectivity index (χ4v) is 2.19. The Hall–Kier alpha value is 0.150. The number of carbonyl (C=O) groups is 1. The lowest BCUT2D eigenvalue weighted by Gasteiger charge is -2.23. The molecule has 0 atom stereocenters. The average molecular weight is 219 g/mol. The number of alkyl halides is 1. The molecule has 2 heteroatoms. The summed E-state index contributed by atoms with van der Waals surface area (Å²) in [6.07, 6.45) is 5.27. The predicted octanol–water partition coefficient (Wildman–Crippen LogP) is 2.92. The van der Waals surface area contributed by atoms with Crippen LogP contribution in [0.25, 0.3) is 0 Å². The third kappa shape index (κ3) is 2.58. The second-order valence-electron chi connectivity index (χ2n) is 3.27. The number of carbonyl (C=O) groups excluding carboxylic acids is 1. The normalized spacial score (nSPS) is 31.8. The van der Waals surface area contributed by atoms with Crippen LogP contribution in [0.1, 0.15) is 39.0 Å². The summed E-state index contributed by atoms with van der Waals surface area (Å²) in [5, 5.41) is 0. The molecule has 0 aliphatic heterocycles. The van der Waals surface area contributed by atoms with Crippen LogP contribution in [0.4, 0.5) is 0 Å². The fourth-order valence-electron chi connectivity index (χ4n) is 1.66. The minimum absolute atomic E-state index is 0.383. The van der Waals surface area contributed by atoms with Crippen molar-refractivity contribution in [1.82, 2.24) is 0 Å². The van der Waals surface area contributed by atoms with Crippen LogP contribution in [-0.4, -0.2) is 10.6 Å². The Labute approximate surface area is 76.7 Å². The van der Waals surface area contributed by atoms with E-state index in [2.05, 4.69) is 15.9 Å². The van der Waals surface area contributed by atoms with Crippen molar-refractivity contribution >= 4 is 21.7 Å². The van der Waals surface area contributed by atoms with Crippen LogP contribution in [0.15, 0.2) is 0 Å². The number of rotatable bonds is 2. The fraction of sp³-hybridized carbons (Fsp3) is 0.889. The number of halogens is 1. The topological polar surface area (TPSA) is 17.1 Å². The lowest BCUT2D eigenvalue weighted by atomic mass is 9.85. The minimum atomic E-state index is 0.383. The molecular weight excluding hydrogens is 204 g/mol. The second kappa shape index (κ2) is 4.24. The van der Waals surface area contributed by atoms with Crippen LogP contribution in [0, 0.1) is 5.92 Å². The van der Waals surface area contributed by atoms with E-state index in [4.69, 9.17) is 0 Å². The van der Waals surface area contributed by atoms with Crippen molar-refractivity contribution in [3.63, 3.8) is 0 Å². The zero-order valence-electron chi connectivity index (χ0n) is 6.98. The third-order valence-corrected chi connectivity index (χ3v) is 3.38. The molecule has 0 aromatic rings. The van der Waals surface area contributed by atoms with Crippen LogP contribution in [-0.2, 0) is 4.79 Å². The van der Waals surface area contributed by atoms with Gasteiger partial charge in [0.1, 0.15) is 5.78 Å². The Morgan fingerprint density at radius 1 is 1.36 bits per heavy atom. The molecule has 1 saturated carbocycles. The summed E-state index contributed by atoms with van der Waals surface area (Å²) in [7, 11) is 0. The van der Waals surface area contributed by atoms with Gasteiger partial charge in [0.15, 0.2) is 0 Å². The molecule has 0 bridgehead atoms. The molecular formula is C9H15BrO. The first-order valence-electron chi connectivity index (χ1n) is 4.40. The number of hydrogen-bond donors (Lipinski definition) is 0. The molecule has 64 valence electrons. The standard InChI is InChI=1S/C9H15BrO/c1-2-9(11)7-3-5-8(10)6-4-7/h7-8H,2-6H2,1H3. The zero-order chi connectivity index (χ0) is 8.27. The van der Waals surface area contributed by atoms with Crippen LogP contribution >= 0.6 is 15.9 Å². The molecule has 0 aromatic heterocycles. The second-order valence-corrected chi connectivity index (χ2v) is 4.56. The Bertz CT molecular complexity index is 136. The maximum absolute atomic E-state index is 11.3. The highest BCUT2D eigenvalue weighted by Crippen LogP contribution is 2.29. The molecule has 0 amide bonds. The summed E-state index contributed by atoms with van der Waals surface area (Å²) in [5.41, 5.74) is 0. The Morgan fingerprint density at radius 3 is 2.36 bits per heavy atom. The summed E-state index contributed by atoms with van der Waals surface area (Å²) in [4.78, 5) is 11.9. The van der Waals surface area contributed by atoms with Gasteiger partial charge in [-0.25, -0.2) is 0 Å². The van der Waals surface area contributed by atoms with Gasteiger partial charge in [-0.2, -0.15) is 0 Å². The van der Waals surface area contributed by atoms with Crippen LogP contribution in [0.3, 0.4) is 0 Å². The van der Waals surface area contributed by atoms with Gasteiger partial charge in [0.2, 0.25) is 0 Å². The van der Waals surface area contributed by atoms with Crippen LogP contribution in [0.5, 0.6) is 0 Å². The van der Waals surface area contributed by atoms with Crippen molar-refractivity contribution in [3.05, 3.63) is 0 Å². The highest BCUT2D eigenvalue weighted by molar-refractivity contribution is 9.09. The summed E-state index contributed by atoms with van der Waals surface area (Å²) in [6, 6.07) is 0. The van der Waals surface area contributed by atoms with Crippen molar-refractivity contribution in [2.24, 2.45) is 5.92 Å². The Morgan fingerprint density at radius 2 is 1.91 bits per heavy atom. The highest BCUT2D eigenvalue weighted by atomic mass is 79.9. The SMILES string of the molecule is CCC(=O)C1CCC(Br)CC1. The van der Waals surface area contributed by atoms with Gasteiger partial charge in [-0.1, -0.05) is 22.9 Å². The van der Waals surface area contributed by atoms with E-state index < -0.39 is 0 Å². The first-order chi connectivity index (χ1) is 5.24. The molecule has 1 fully saturated rings. The van der Waals surface area contributed by atoms with E-state index in [1.807, 2.05) is 6.92 Å². The molecule has 1 rings (SSSR count). The van der Waals surface area contributed by atoms with Gasteiger partial charge < -0.3 is 0 Å². The van der Waals surface area contributed by atoms with Gasteiger partial charge in [-0.05, 0) is 25.7 Å². The molecule has 0 spiro atoms. The van der Waals surface area contributed by atoms with Gasteiger partial charge in [0.05, 0.1) is 0 Å². The lowest BCUT2D eigenvalue weighted by molar-refractivity contribution is -0.123. The van der Waals surface area contributed by atoms with Crippen LogP contribution in [0.2, 0.25) is 0 Å². The van der Waals surface area contributed by atoms with Crippen molar-refractivity contribution in [1.29, 1.82) is 0 Å². The number of hydrogen-bond acceptors (Lipinski definition) is 1. The average Bonchev–Trinajstić information content (AvgIpc) is 2.05. The van der Waals surface area contributed by atoms with Crippen molar-refractivity contribution in [3.8, 4) is 0 Å². The van der Waals surface area contributed by atoms with E-state index in [1.165, 1.54) is 12.8 Å². The van der Waals surface area contributed by atoms with E-state index in [0.717, 1.165) is 19.3 Å². The monoisotopic (exact) mass is 218 g/mol. The molecule has 1 nitrogen and oxygen atoms in total. The number of Topliss-reactive ketones (excluding diaryl/α,β-unsaturated/α-hetero) is 1. The molecule has 0 heterocycles. The minimum Gasteiger partial charge on any atom is -0.299 e. The number of ketones is 1. The summed E-state index contributed by atoms with van der Waals surface area (Å²) in [5.74, 6) is 0.846. The highest BCUT2D eigenvalue weighted by Gasteiger charge is 2.23. The molecule has 0 N–H and O–H groups in total. The summed E-state index contributed by atoms with van der Waals surface area (Å²) in [6.45, 7) is 1.96. The molecule has 0 radical (unpaired) electrons. The largest absolute Gasteiger partial charge is 0.299 e. The van der Waals surface area contributed by atoms with E-state index in [-0.39, 0.29) is 0 Å². The lowest BCUT2D eigenvalue weighted by Crippen LogP contribution is -2.20. The van der Waals surface area contributed by atoms with Gasteiger partial charge in [-0.3, -0.25) is 4.79 Å². The first-order valence-corrected chi connectivity index (χ1v) is 5.32. The van der Waals surface area contributed by atoms with Crippen LogP contribution < -0.4 is 0 Å². The first kappa shape index (κ1) is 9.24. The summed E-state index contributed by atoms with van der Waals surface area (Å²) < 4.78 is 0. The molecule has 1 aliphatic rings. The van der Waals surface area contributed by atoms with E-state index in [1.54, 1.807) is 0 Å². The van der Waals surface area contributed by atoms with Gasteiger partial charge in [0.25, 0.3) is 0 Å². The maximum Gasteiger partial charge on any atom is 0.135 e. The molecule has 1 aliphatic carbocycles. The molecule has 0 aromatic carbocycles. The van der Waals surface area contributed by atoms with E-state index >= 15 is 0 Å². The Kier molecular flexibility index (Phi) is 3.57. The third-order valence-electron chi connectivity index (χ3n) is 2.46. The van der Waals surface area contributed by atoms with Gasteiger partial charge in [-0.15, -0.1) is 0 Å².